The number of hydrogen-bond acceptors (Lipinski definition) is 1. The third-order valence-corrected chi connectivity index (χ3v) is 1.46. The first-order chi connectivity index (χ1) is 4.91. The van der Waals surface area contributed by atoms with Gasteiger partial charge >= 0.3 is 0 Å². The van der Waals surface area contributed by atoms with Crippen LogP contribution < -0.4 is 5.32 Å². The van der Waals surface area contributed by atoms with Gasteiger partial charge in [0.25, 0.3) is 0 Å². The minimum Gasteiger partial charge on any atom is -0.316 e. The number of likely N-dealkylation sites (N-methyl/N-ethyl adjacent to an activating group) is 1. The quantitative estimate of drug-likeness (QED) is 0.442. The van der Waals surface area contributed by atoms with E-state index in [1.165, 1.54) is 25.7 Å². The van der Waals surface area contributed by atoms with Crippen molar-refractivity contribution in [2.45, 2.75) is 32.6 Å². The van der Waals surface area contributed by atoms with E-state index < -0.39 is 0 Å². The average Bonchev–Trinajstić information content (AvgIpc) is 1.97. The first-order valence-electron chi connectivity index (χ1n) is 4.21. The molecule has 0 saturated carbocycles. The van der Waals surface area contributed by atoms with Gasteiger partial charge in [0.2, 0.25) is 0 Å². The van der Waals surface area contributed by atoms with Crippen LogP contribution in [0.2, 0.25) is 0 Å². The molecule has 0 amide bonds. The number of rotatable bonds is 6. The molecule has 0 radical (unpaired) electrons. The molecule has 0 saturated heterocycles. The number of allylic oxidation sites excluding steroid dienone is 1. The molecule has 60 valence electrons. The van der Waals surface area contributed by atoms with E-state index in [4.69, 9.17) is 0 Å². The van der Waals surface area contributed by atoms with Crippen LogP contribution in [0.5, 0.6) is 0 Å². The van der Waals surface area contributed by atoms with E-state index in [0.29, 0.717) is 0 Å². The molecule has 0 rings (SSSR count). The smallest absolute Gasteiger partial charge is 0.0131 e. The molecule has 10 heavy (non-hydrogen) atoms. The molecule has 0 aromatic carbocycles. The van der Waals surface area contributed by atoms with Gasteiger partial charge in [0.05, 0.1) is 0 Å². The first kappa shape index (κ1) is 9.70. The summed E-state index contributed by atoms with van der Waals surface area (Å²) in [7, 11) is 1.97. The summed E-state index contributed by atoms with van der Waals surface area (Å²) in [4.78, 5) is 0. The van der Waals surface area contributed by atoms with Crippen molar-refractivity contribution >= 4 is 0 Å². The fourth-order valence-electron chi connectivity index (χ4n) is 0.831. The Balaban J connectivity index is 2.88. The molecular weight excluding hydrogens is 122 g/mol. The van der Waals surface area contributed by atoms with Gasteiger partial charge in [-0.05, 0) is 19.9 Å². The van der Waals surface area contributed by atoms with Crippen LogP contribution in [0.1, 0.15) is 32.6 Å². The second-order valence-corrected chi connectivity index (χ2v) is 2.52. The molecule has 0 aliphatic heterocycles. The summed E-state index contributed by atoms with van der Waals surface area (Å²) in [6, 6.07) is 0. The van der Waals surface area contributed by atoms with Crippen LogP contribution in [0.25, 0.3) is 0 Å². The van der Waals surface area contributed by atoms with E-state index in [1.807, 2.05) is 7.05 Å². The lowest BCUT2D eigenvalue weighted by Crippen LogP contribution is -2.03. The molecule has 0 fully saturated rings. The largest absolute Gasteiger partial charge is 0.316 e. The normalized spacial score (nSPS) is 11.0. The van der Waals surface area contributed by atoms with Gasteiger partial charge in [0, 0.05) is 6.54 Å². The van der Waals surface area contributed by atoms with Crippen molar-refractivity contribution in [2.24, 2.45) is 0 Å². The number of hydrogen-bond donors (Lipinski definition) is 1. The van der Waals surface area contributed by atoms with Gasteiger partial charge < -0.3 is 5.32 Å². The Morgan fingerprint density at radius 3 is 2.60 bits per heavy atom. The molecule has 0 aromatic heterocycles. The van der Waals surface area contributed by atoms with Crippen molar-refractivity contribution in [3.8, 4) is 0 Å². The minimum atomic E-state index is 1.01. The molecular formula is C9H19N. The summed E-state index contributed by atoms with van der Waals surface area (Å²) in [5.41, 5.74) is 0. The van der Waals surface area contributed by atoms with Gasteiger partial charge in [-0.25, -0.2) is 0 Å². The highest BCUT2D eigenvalue weighted by Crippen LogP contribution is 1.98. The predicted octanol–water partition coefficient (Wildman–Crippen LogP) is 2.34. The van der Waals surface area contributed by atoms with E-state index in [-0.39, 0.29) is 0 Å². The van der Waals surface area contributed by atoms with Crippen LogP contribution >= 0.6 is 0 Å². The molecule has 0 aliphatic rings. The summed E-state index contributed by atoms with van der Waals surface area (Å²) >= 11 is 0. The number of nitrogens with one attached hydrogen (secondary N) is 1. The number of unbranched alkanes of at least 4 members (excludes halogenated alkanes) is 3. The van der Waals surface area contributed by atoms with E-state index in [0.717, 1.165) is 6.54 Å². The topological polar surface area (TPSA) is 12.0 Å². The fraction of sp³-hybridized carbons (Fsp3) is 0.778. The summed E-state index contributed by atoms with van der Waals surface area (Å²) < 4.78 is 0. The maximum absolute atomic E-state index is 3.07. The molecule has 0 unspecified atom stereocenters. The molecule has 1 nitrogen and oxygen atoms in total. The molecule has 0 heterocycles. The van der Waals surface area contributed by atoms with Gasteiger partial charge in [0.15, 0.2) is 0 Å². The Kier molecular flexibility index (Phi) is 8.44. The third kappa shape index (κ3) is 7.70. The second kappa shape index (κ2) is 8.70. The minimum absolute atomic E-state index is 1.01. The van der Waals surface area contributed by atoms with Gasteiger partial charge in [0.1, 0.15) is 0 Å². The Morgan fingerprint density at radius 1 is 1.20 bits per heavy atom. The lowest BCUT2D eigenvalue weighted by Gasteiger charge is -1.91. The highest BCUT2D eigenvalue weighted by atomic mass is 14.8. The maximum Gasteiger partial charge on any atom is 0.0131 e. The van der Waals surface area contributed by atoms with Gasteiger partial charge in [-0.1, -0.05) is 31.9 Å². The van der Waals surface area contributed by atoms with Crippen molar-refractivity contribution in [1.82, 2.24) is 5.32 Å². The molecule has 0 atom stereocenters. The van der Waals surface area contributed by atoms with E-state index >= 15 is 0 Å². The zero-order valence-corrected chi connectivity index (χ0v) is 7.19. The third-order valence-electron chi connectivity index (χ3n) is 1.46. The molecule has 0 aromatic rings. The van der Waals surface area contributed by atoms with Crippen molar-refractivity contribution < 1.29 is 0 Å². The van der Waals surface area contributed by atoms with E-state index in [9.17, 15) is 0 Å². The van der Waals surface area contributed by atoms with Crippen LogP contribution in [-0.4, -0.2) is 13.6 Å². The zero-order valence-electron chi connectivity index (χ0n) is 7.19. The summed E-state index contributed by atoms with van der Waals surface area (Å²) in [6.45, 7) is 3.24. The summed E-state index contributed by atoms with van der Waals surface area (Å²) in [5.74, 6) is 0. The van der Waals surface area contributed by atoms with Crippen molar-refractivity contribution in [1.29, 1.82) is 0 Å². The van der Waals surface area contributed by atoms with Crippen LogP contribution in [0.3, 0.4) is 0 Å². The Bertz CT molecular complexity index is 76.8. The molecule has 0 bridgehead atoms. The molecule has 1 N–H and O–H groups in total. The standard InChI is InChI=1S/C9H19N/c1-3-4-5-6-7-8-9-10-2/h7-8,10H,3-6,9H2,1-2H3. The van der Waals surface area contributed by atoms with Crippen molar-refractivity contribution in [3.05, 3.63) is 12.2 Å². The van der Waals surface area contributed by atoms with Crippen LogP contribution in [0.4, 0.5) is 0 Å². The molecule has 0 spiro atoms. The van der Waals surface area contributed by atoms with Gasteiger partial charge in [-0.2, -0.15) is 0 Å². The maximum atomic E-state index is 3.07. The van der Waals surface area contributed by atoms with Gasteiger partial charge in [-0.15, -0.1) is 0 Å². The van der Waals surface area contributed by atoms with E-state index in [1.54, 1.807) is 0 Å². The Morgan fingerprint density at radius 2 is 2.00 bits per heavy atom. The summed E-state index contributed by atoms with van der Waals surface area (Å²) in [6.07, 6.45) is 9.72. The van der Waals surface area contributed by atoms with Crippen molar-refractivity contribution in [3.63, 3.8) is 0 Å². The van der Waals surface area contributed by atoms with E-state index in [2.05, 4.69) is 24.4 Å². The van der Waals surface area contributed by atoms with Crippen LogP contribution in [0, 0.1) is 0 Å². The fourth-order valence-corrected chi connectivity index (χ4v) is 0.831. The summed E-state index contributed by atoms with van der Waals surface area (Å²) in [5, 5.41) is 3.07. The second-order valence-electron chi connectivity index (χ2n) is 2.52. The van der Waals surface area contributed by atoms with Crippen LogP contribution in [-0.2, 0) is 0 Å². The lowest BCUT2D eigenvalue weighted by atomic mass is 10.2. The van der Waals surface area contributed by atoms with Gasteiger partial charge in [-0.3, -0.25) is 0 Å². The lowest BCUT2D eigenvalue weighted by molar-refractivity contribution is 0.727. The highest BCUT2D eigenvalue weighted by Gasteiger charge is 1.80. The monoisotopic (exact) mass is 141 g/mol. The van der Waals surface area contributed by atoms with Crippen LogP contribution in [0.15, 0.2) is 12.2 Å². The Labute approximate surface area is 64.5 Å². The molecule has 1 heteroatoms. The SMILES string of the molecule is CCCCCC=CCNC. The highest BCUT2D eigenvalue weighted by molar-refractivity contribution is 4.82. The average molecular weight is 141 g/mol. The Hall–Kier alpha value is -0.300. The first-order valence-corrected chi connectivity index (χ1v) is 4.21. The molecule has 0 aliphatic carbocycles. The zero-order chi connectivity index (χ0) is 7.66. The van der Waals surface area contributed by atoms with Crippen molar-refractivity contribution in [2.75, 3.05) is 13.6 Å². The predicted molar refractivity (Wildman–Crippen MR) is 47.2 cm³/mol.